The second-order valence-electron chi connectivity index (χ2n) is 3.95. The Morgan fingerprint density at radius 3 is 2.68 bits per heavy atom. The van der Waals surface area contributed by atoms with Crippen LogP contribution in [0.15, 0.2) is 41.0 Å². The van der Waals surface area contributed by atoms with Gasteiger partial charge in [-0.25, -0.2) is 0 Å². The Hall–Kier alpha value is -1.59. The Labute approximate surface area is 120 Å². The topological polar surface area (TPSA) is 57.4 Å². The summed E-state index contributed by atoms with van der Waals surface area (Å²) in [4.78, 5) is 4.18. The zero-order valence-corrected chi connectivity index (χ0v) is 12.2. The summed E-state index contributed by atoms with van der Waals surface area (Å²) >= 11 is 3.45. The first kappa shape index (κ1) is 13.8. The number of ether oxygens (including phenoxy) is 2. The number of hydrogen-bond acceptors (Lipinski definition) is 4. The maximum absolute atomic E-state index is 5.66. The van der Waals surface area contributed by atoms with E-state index in [1.807, 2.05) is 30.3 Å². The SMILES string of the molecule is COc1ccc(COc2ccc(CN)nc2)cc1Br. The third kappa shape index (κ3) is 3.68. The molecule has 0 aliphatic carbocycles. The summed E-state index contributed by atoms with van der Waals surface area (Å²) < 4.78 is 11.7. The van der Waals surface area contributed by atoms with Crippen molar-refractivity contribution in [2.75, 3.05) is 7.11 Å². The molecule has 0 aliphatic rings. The molecule has 100 valence electrons. The Balaban J connectivity index is 1.99. The molecule has 0 saturated carbocycles. The highest BCUT2D eigenvalue weighted by molar-refractivity contribution is 9.10. The van der Waals surface area contributed by atoms with E-state index in [4.69, 9.17) is 15.2 Å². The summed E-state index contributed by atoms with van der Waals surface area (Å²) in [5.74, 6) is 1.53. The van der Waals surface area contributed by atoms with Crippen molar-refractivity contribution in [1.29, 1.82) is 0 Å². The van der Waals surface area contributed by atoms with Gasteiger partial charge >= 0.3 is 0 Å². The average Bonchev–Trinajstić information content (AvgIpc) is 2.46. The first-order valence-electron chi connectivity index (χ1n) is 5.83. The van der Waals surface area contributed by atoms with Gasteiger partial charge in [0.15, 0.2) is 0 Å². The van der Waals surface area contributed by atoms with Gasteiger partial charge in [0.1, 0.15) is 18.1 Å². The Morgan fingerprint density at radius 2 is 2.11 bits per heavy atom. The molecule has 0 amide bonds. The van der Waals surface area contributed by atoms with E-state index in [2.05, 4.69) is 20.9 Å². The molecular weight excluding hydrogens is 308 g/mol. The Kier molecular flexibility index (Phi) is 4.76. The molecule has 0 aliphatic heterocycles. The normalized spacial score (nSPS) is 10.3. The Bertz CT molecular complexity index is 544. The maximum Gasteiger partial charge on any atom is 0.138 e. The summed E-state index contributed by atoms with van der Waals surface area (Å²) in [6.07, 6.45) is 1.68. The van der Waals surface area contributed by atoms with Gasteiger partial charge < -0.3 is 15.2 Å². The van der Waals surface area contributed by atoms with Gasteiger partial charge in [-0.15, -0.1) is 0 Å². The maximum atomic E-state index is 5.66. The van der Waals surface area contributed by atoms with E-state index in [0.717, 1.165) is 27.2 Å². The van der Waals surface area contributed by atoms with Gasteiger partial charge in [0.05, 0.1) is 23.5 Å². The average molecular weight is 323 g/mol. The lowest BCUT2D eigenvalue weighted by molar-refractivity contribution is 0.304. The quantitative estimate of drug-likeness (QED) is 0.919. The summed E-state index contributed by atoms with van der Waals surface area (Å²) in [5, 5.41) is 0. The number of hydrogen-bond donors (Lipinski definition) is 1. The molecular formula is C14H15BrN2O2. The van der Waals surface area contributed by atoms with Gasteiger partial charge in [-0.2, -0.15) is 0 Å². The third-order valence-electron chi connectivity index (χ3n) is 2.63. The van der Waals surface area contributed by atoms with Crippen LogP contribution in [0.3, 0.4) is 0 Å². The summed E-state index contributed by atoms with van der Waals surface area (Å²) in [6, 6.07) is 9.57. The first-order valence-corrected chi connectivity index (χ1v) is 6.62. The van der Waals surface area contributed by atoms with E-state index < -0.39 is 0 Å². The van der Waals surface area contributed by atoms with Crippen molar-refractivity contribution in [2.45, 2.75) is 13.2 Å². The summed E-state index contributed by atoms with van der Waals surface area (Å²) in [5.41, 5.74) is 7.39. The van der Waals surface area contributed by atoms with Crippen molar-refractivity contribution >= 4 is 15.9 Å². The van der Waals surface area contributed by atoms with Crippen molar-refractivity contribution in [3.63, 3.8) is 0 Å². The van der Waals surface area contributed by atoms with Crippen LogP contribution < -0.4 is 15.2 Å². The fourth-order valence-corrected chi connectivity index (χ4v) is 2.17. The number of aromatic nitrogens is 1. The van der Waals surface area contributed by atoms with E-state index in [1.54, 1.807) is 13.3 Å². The standard InChI is InChI=1S/C14H15BrN2O2/c1-18-14-5-2-10(6-13(14)15)9-19-12-4-3-11(7-16)17-8-12/h2-6,8H,7,9,16H2,1H3. The molecule has 2 rings (SSSR count). The van der Waals surface area contributed by atoms with Gasteiger partial charge in [-0.05, 0) is 45.8 Å². The van der Waals surface area contributed by atoms with Crippen molar-refractivity contribution in [3.05, 3.63) is 52.3 Å². The van der Waals surface area contributed by atoms with Gasteiger partial charge in [0.25, 0.3) is 0 Å². The third-order valence-corrected chi connectivity index (χ3v) is 3.25. The van der Waals surface area contributed by atoms with Gasteiger partial charge in [0, 0.05) is 6.54 Å². The molecule has 1 aromatic heterocycles. The molecule has 1 aromatic carbocycles. The van der Waals surface area contributed by atoms with Gasteiger partial charge in [0.2, 0.25) is 0 Å². The lowest BCUT2D eigenvalue weighted by Crippen LogP contribution is -2.00. The van der Waals surface area contributed by atoms with Crippen LogP contribution in [-0.4, -0.2) is 12.1 Å². The number of nitrogens with zero attached hydrogens (tertiary/aromatic N) is 1. The molecule has 2 N–H and O–H groups in total. The van der Waals surface area contributed by atoms with E-state index in [9.17, 15) is 0 Å². The van der Waals surface area contributed by atoms with Crippen LogP contribution in [-0.2, 0) is 13.2 Å². The van der Waals surface area contributed by atoms with Crippen molar-refractivity contribution in [3.8, 4) is 11.5 Å². The monoisotopic (exact) mass is 322 g/mol. The van der Waals surface area contributed by atoms with Crippen LogP contribution in [0.4, 0.5) is 0 Å². The molecule has 0 radical (unpaired) electrons. The Morgan fingerprint density at radius 1 is 1.26 bits per heavy atom. The fourth-order valence-electron chi connectivity index (χ4n) is 1.58. The van der Waals surface area contributed by atoms with Crippen LogP contribution >= 0.6 is 15.9 Å². The number of pyridine rings is 1. The zero-order valence-electron chi connectivity index (χ0n) is 10.6. The predicted molar refractivity (Wildman–Crippen MR) is 77.2 cm³/mol. The van der Waals surface area contributed by atoms with Crippen molar-refractivity contribution in [2.24, 2.45) is 5.73 Å². The number of nitrogens with two attached hydrogens (primary N) is 1. The summed E-state index contributed by atoms with van der Waals surface area (Å²) in [7, 11) is 1.64. The largest absolute Gasteiger partial charge is 0.496 e. The van der Waals surface area contributed by atoms with Gasteiger partial charge in [-0.1, -0.05) is 6.07 Å². The minimum Gasteiger partial charge on any atom is -0.496 e. The second-order valence-corrected chi connectivity index (χ2v) is 4.80. The second kappa shape index (κ2) is 6.54. The number of rotatable bonds is 5. The van der Waals surface area contributed by atoms with Crippen LogP contribution in [0.2, 0.25) is 0 Å². The van der Waals surface area contributed by atoms with E-state index >= 15 is 0 Å². The lowest BCUT2D eigenvalue weighted by Gasteiger charge is -2.08. The lowest BCUT2D eigenvalue weighted by atomic mass is 10.2. The highest BCUT2D eigenvalue weighted by Crippen LogP contribution is 2.26. The fraction of sp³-hybridized carbons (Fsp3) is 0.214. The van der Waals surface area contributed by atoms with Crippen LogP contribution in [0, 0.1) is 0 Å². The van der Waals surface area contributed by atoms with Gasteiger partial charge in [-0.3, -0.25) is 4.98 Å². The van der Waals surface area contributed by atoms with E-state index in [0.29, 0.717) is 13.2 Å². The van der Waals surface area contributed by atoms with E-state index in [-0.39, 0.29) is 0 Å². The number of benzene rings is 1. The molecule has 0 unspecified atom stereocenters. The molecule has 4 nitrogen and oxygen atoms in total. The minimum atomic E-state index is 0.436. The summed E-state index contributed by atoms with van der Waals surface area (Å²) in [6.45, 7) is 0.915. The molecule has 1 heterocycles. The number of halogens is 1. The first-order chi connectivity index (χ1) is 9.22. The van der Waals surface area contributed by atoms with Crippen molar-refractivity contribution < 1.29 is 9.47 Å². The smallest absolute Gasteiger partial charge is 0.138 e. The molecule has 0 saturated heterocycles. The zero-order chi connectivity index (χ0) is 13.7. The molecule has 0 spiro atoms. The molecule has 0 atom stereocenters. The van der Waals surface area contributed by atoms with Crippen LogP contribution in [0.5, 0.6) is 11.5 Å². The molecule has 0 bridgehead atoms. The van der Waals surface area contributed by atoms with Crippen molar-refractivity contribution in [1.82, 2.24) is 4.98 Å². The molecule has 5 heteroatoms. The molecule has 0 fully saturated rings. The molecule has 2 aromatic rings. The van der Waals surface area contributed by atoms with Crippen LogP contribution in [0.1, 0.15) is 11.3 Å². The van der Waals surface area contributed by atoms with Crippen LogP contribution in [0.25, 0.3) is 0 Å². The highest BCUT2D eigenvalue weighted by atomic mass is 79.9. The minimum absolute atomic E-state index is 0.436. The molecule has 19 heavy (non-hydrogen) atoms. The highest BCUT2D eigenvalue weighted by Gasteiger charge is 2.02. The predicted octanol–water partition coefficient (Wildman–Crippen LogP) is 2.89. The number of methoxy groups -OCH3 is 1. The van der Waals surface area contributed by atoms with E-state index in [1.165, 1.54) is 0 Å².